The number of hydrogen-bond donors (Lipinski definition) is 1. The molecule has 0 aromatic carbocycles. The molecule has 0 spiro atoms. The molecule has 1 aromatic rings. The Hall–Kier alpha value is -2.26. The van der Waals surface area contributed by atoms with Gasteiger partial charge in [0.05, 0.1) is 6.10 Å². The van der Waals surface area contributed by atoms with Crippen LogP contribution in [-0.2, 0) is 16.6 Å². The van der Waals surface area contributed by atoms with E-state index in [2.05, 4.69) is 15.3 Å². The number of rotatable bonds is 7. The summed E-state index contributed by atoms with van der Waals surface area (Å²) in [6.07, 6.45) is 4.81. The number of morpholine rings is 1. The lowest BCUT2D eigenvalue weighted by Gasteiger charge is -2.38. The average Bonchev–Trinajstić information content (AvgIpc) is 3.56. The fourth-order valence-corrected chi connectivity index (χ4v) is 4.23. The number of aryl methyl sites for hydroxylation is 1. The zero-order chi connectivity index (χ0) is 21.1. The molecule has 1 aliphatic carbocycles. The number of nitrogens with zero attached hydrogens (tertiary/aromatic N) is 4. The highest BCUT2D eigenvalue weighted by Gasteiger charge is 2.31. The van der Waals surface area contributed by atoms with Crippen LogP contribution in [0.15, 0.2) is 16.9 Å². The largest absolute Gasteiger partial charge is 0.365 e. The summed E-state index contributed by atoms with van der Waals surface area (Å²) in [6.45, 7) is 5.12. The van der Waals surface area contributed by atoms with E-state index in [0.29, 0.717) is 19.0 Å². The van der Waals surface area contributed by atoms with Crippen molar-refractivity contribution in [3.8, 4) is 0 Å². The normalized spacial score (nSPS) is 23.6. The van der Waals surface area contributed by atoms with Crippen molar-refractivity contribution in [3.63, 3.8) is 0 Å². The monoisotopic (exact) mass is 417 g/mol. The minimum absolute atomic E-state index is 0.0257. The Morgan fingerprint density at radius 1 is 1.13 bits per heavy atom. The van der Waals surface area contributed by atoms with Gasteiger partial charge in [-0.05, 0) is 56.7 Å². The number of carbonyl (C=O) groups excluding carboxylic acids is 2. The molecule has 9 heteroatoms. The van der Waals surface area contributed by atoms with Crippen molar-refractivity contribution in [2.45, 2.75) is 31.8 Å². The van der Waals surface area contributed by atoms with Crippen LogP contribution in [0.5, 0.6) is 0 Å². The first-order valence-electron chi connectivity index (χ1n) is 10.9. The molecule has 2 amide bonds. The van der Waals surface area contributed by atoms with Crippen LogP contribution in [0, 0.1) is 11.8 Å². The van der Waals surface area contributed by atoms with Crippen LogP contribution >= 0.6 is 0 Å². The number of piperidine rings is 1. The van der Waals surface area contributed by atoms with Gasteiger partial charge in [-0.25, -0.2) is 4.68 Å². The van der Waals surface area contributed by atoms with Crippen molar-refractivity contribution in [3.05, 3.63) is 28.2 Å². The predicted molar refractivity (Wildman–Crippen MR) is 110 cm³/mol. The molecular formula is C21H31N5O4. The molecule has 1 N–H and O–H groups in total. The Labute approximate surface area is 176 Å². The number of aromatic nitrogens is 2. The summed E-state index contributed by atoms with van der Waals surface area (Å²) in [4.78, 5) is 40.5. The van der Waals surface area contributed by atoms with Gasteiger partial charge in [0.2, 0.25) is 5.91 Å². The van der Waals surface area contributed by atoms with Crippen LogP contribution in [0.3, 0.4) is 0 Å². The molecule has 0 bridgehead atoms. The lowest BCUT2D eigenvalue weighted by atomic mass is 9.95. The minimum Gasteiger partial charge on any atom is -0.365 e. The van der Waals surface area contributed by atoms with Crippen molar-refractivity contribution in [1.82, 2.24) is 24.9 Å². The maximum absolute atomic E-state index is 12.3. The number of carbonyl (C=O) groups is 2. The Balaban J connectivity index is 1.23. The molecule has 30 heavy (non-hydrogen) atoms. The first-order chi connectivity index (χ1) is 14.5. The number of hydrogen-bond acceptors (Lipinski definition) is 6. The molecule has 1 saturated carbocycles. The predicted octanol–water partition coefficient (Wildman–Crippen LogP) is -0.140. The molecule has 2 saturated heterocycles. The lowest BCUT2D eigenvalue weighted by molar-refractivity contribution is -0.149. The summed E-state index contributed by atoms with van der Waals surface area (Å²) in [5.41, 5.74) is -0.0894. The van der Waals surface area contributed by atoms with Gasteiger partial charge in [0, 0.05) is 39.3 Å². The number of amides is 2. The van der Waals surface area contributed by atoms with Crippen LogP contribution in [0.25, 0.3) is 0 Å². The second-order valence-corrected chi connectivity index (χ2v) is 8.81. The smallest absolute Gasteiger partial charge is 0.271 e. The van der Waals surface area contributed by atoms with E-state index in [-0.39, 0.29) is 35.8 Å². The van der Waals surface area contributed by atoms with Gasteiger partial charge in [-0.3, -0.25) is 14.4 Å². The molecule has 1 unspecified atom stereocenters. The van der Waals surface area contributed by atoms with Gasteiger partial charge in [0.1, 0.15) is 12.3 Å². The van der Waals surface area contributed by atoms with Gasteiger partial charge in [0.15, 0.2) is 0 Å². The highest BCUT2D eigenvalue weighted by molar-refractivity contribution is 5.92. The lowest BCUT2D eigenvalue weighted by Crippen LogP contribution is -2.52. The highest BCUT2D eigenvalue weighted by atomic mass is 16.5. The topological polar surface area (TPSA) is 96.8 Å². The fraction of sp³-hybridized carbons (Fsp3) is 0.714. The van der Waals surface area contributed by atoms with Crippen molar-refractivity contribution in [2.24, 2.45) is 18.9 Å². The third-order valence-corrected chi connectivity index (χ3v) is 6.30. The molecule has 9 nitrogen and oxygen atoms in total. The van der Waals surface area contributed by atoms with Crippen LogP contribution < -0.4 is 10.9 Å². The molecule has 164 valence electrons. The molecule has 4 rings (SSSR count). The first-order valence-corrected chi connectivity index (χ1v) is 10.9. The molecule has 3 heterocycles. The maximum Gasteiger partial charge on any atom is 0.271 e. The molecule has 1 aromatic heterocycles. The maximum atomic E-state index is 12.3. The summed E-state index contributed by atoms with van der Waals surface area (Å²) in [5, 5.41) is 6.75. The van der Waals surface area contributed by atoms with Gasteiger partial charge in [-0.1, -0.05) is 0 Å². The summed E-state index contributed by atoms with van der Waals surface area (Å²) >= 11 is 0. The molecule has 2 aliphatic heterocycles. The third-order valence-electron chi connectivity index (χ3n) is 6.30. The molecule has 3 aliphatic rings. The van der Waals surface area contributed by atoms with Gasteiger partial charge in [-0.15, -0.1) is 0 Å². The number of likely N-dealkylation sites (tertiary alicyclic amines) is 1. The van der Waals surface area contributed by atoms with E-state index in [1.165, 1.54) is 38.6 Å². The van der Waals surface area contributed by atoms with E-state index in [9.17, 15) is 14.4 Å². The van der Waals surface area contributed by atoms with Crippen molar-refractivity contribution < 1.29 is 14.3 Å². The Morgan fingerprint density at radius 3 is 2.57 bits per heavy atom. The Morgan fingerprint density at radius 2 is 1.87 bits per heavy atom. The van der Waals surface area contributed by atoms with E-state index in [1.807, 2.05) is 4.90 Å². The number of ether oxygens (including phenoxy) is 1. The fourth-order valence-electron chi connectivity index (χ4n) is 4.23. The summed E-state index contributed by atoms with van der Waals surface area (Å²) in [7, 11) is 1.50. The summed E-state index contributed by atoms with van der Waals surface area (Å²) < 4.78 is 6.74. The molecular weight excluding hydrogens is 386 g/mol. The van der Waals surface area contributed by atoms with Crippen molar-refractivity contribution in [1.29, 1.82) is 0 Å². The molecule has 1 atom stereocenters. The molecule has 0 radical (unpaired) electrons. The Bertz CT molecular complexity index is 829. The average molecular weight is 418 g/mol. The second-order valence-electron chi connectivity index (χ2n) is 8.81. The second kappa shape index (κ2) is 9.26. The highest BCUT2D eigenvalue weighted by Crippen LogP contribution is 2.31. The van der Waals surface area contributed by atoms with E-state index in [0.717, 1.165) is 43.1 Å². The van der Waals surface area contributed by atoms with Crippen LogP contribution in [0.4, 0.5) is 0 Å². The van der Waals surface area contributed by atoms with Crippen LogP contribution in [-0.4, -0.2) is 83.4 Å². The van der Waals surface area contributed by atoms with Crippen LogP contribution in [0.2, 0.25) is 0 Å². The summed E-state index contributed by atoms with van der Waals surface area (Å²) in [6, 6.07) is 2.72. The first kappa shape index (κ1) is 21.0. The van der Waals surface area contributed by atoms with E-state index in [4.69, 9.17) is 4.74 Å². The van der Waals surface area contributed by atoms with Crippen molar-refractivity contribution in [2.75, 3.05) is 45.9 Å². The minimum atomic E-state index is -0.360. The van der Waals surface area contributed by atoms with Crippen LogP contribution in [0.1, 0.15) is 36.2 Å². The van der Waals surface area contributed by atoms with E-state index in [1.54, 1.807) is 0 Å². The number of nitrogens with one attached hydrogen (secondary N) is 1. The quantitative estimate of drug-likeness (QED) is 0.663. The van der Waals surface area contributed by atoms with Gasteiger partial charge >= 0.3 is 0 Å². The van der Waals surface area contributed by atoms with Gasteiger partial charge in [0.25, 0.3) is 11.5 Å². The summed E-state index contributed by atoms with van der Waals surface area (Å²) in [5.74, 6) is 1.13. The van der Waals surface area contributed by atoms with Gasteiger partial charge in [-0.2, -0.15) is 5.10 Å². The molecule has 3 fully saturated rings. The van der Waals surface area contributed by atoms with E-state index < -0.39 is 0 Å². The standard InChI is InChI=1S/C21H31N5O4/c1-24-19(27)5-4-18(23-24)21(29)22-10-17-13-26(20(28)14-30-17)12-16-6-8-25(9-7-16)11-15-2-3-15/h4-5,15-17H,2-3,6-14H2,1H3,(H,22,29). The third kappa shape index (κ3) is 5.46. The van der Waals surface area contributed by atoms with E-state index >= 15 is 0 Å². The SMILES string of the molecule is Cn1nc(C(=O)NCC2CN(CC3CCN(CC4CC4)CC3)C(=O)CO2)ccc1=O. The Kier molecular flexibility index (Phi) is 6.48. The zero-order valence-electron chi connectivity index (χ0n) is 17.6. The van der Waals surface area contributed by atoms with Gasteiger partial charge < -0.3 is 19.9 Å². The zero-order valence-corrected chi connectivity index (χ0v) is 17.6. The van der Waals surface area contributed by atoms with Crippen molar-refractivity contribution >= 4 is 11.8 Å².